The van der Waals surface area contributed by atoms with E-state index in [0.29, 0.717) is 11.4 Å². The monoisotopic (exact) mass is 239 g/mol. The van der Waals surface area contributed by atoms with Crippen molar-refractivity contribution in [3.63, 3.8) is 0 Å². The van der Waals surface area contributed by atoms with Crippen LogP contribution in [0.2, 0.25) is 5.02 Å². The van der Waals surface area contributed by atoms with Crippen LogP contribution in [0.5, 0.6) is 0 Å². The van der Waals surface area contributed by atoms with Crippen LogP contribution in [0.25, 0.3) is 0 Å². The molecule has 15 heavy (non-hydrogen) atoms. The molecule has 0 aliphatic rings. The topological polar surface area (TPSA) is 51.8 Å². The Morgan fingerprint density at radius 3 is 3.00 bits per heavy atom. The summed E-state index contributed by atoms with van der Waals surface area (Å²) < 4.78 is 0. The third-order valence-corrected chi connectivity index (χ3v) is 3.20. The molecule has 0 fully saturated rings. The van der Waals surface area contributed by atoms with Gasteiger partial charge in [-0.1, -0.05) is 11.6 Å². The van der Waals surface area contributed by atoms with Crippen molar-refractivity contribution in [2.45, 2.75) is 12.5 Å². The van der Waals surface area contributed by atoms with Gasteiger partial charge in [0.05, 0.1) is 10.0 Å². The van der Waals surface area contributed by atoms with Crippen molar-refractivity contribution in [2.24, 2.45) is 5.73 Å². The maximum absolute atomic E-state index is 6.04. The van der Waals surface area contributed by atoms with Crippen molar-refractivity contribution < 1.29 is 0 Å². The standard InChI is InChI=1S/C10H10ClN3S/c11-8-6-13-2-1-7(8)9(12)5-10-14-3-4-15-10/h1-4,6,9H,5,12H2. The first-order chi connectivity index (χ1) is 7.27. The summed E-state index contributed by atoms with van der Waals surface area (Å²) in [5.41, 5.74) is 6.96. The quantitative estimate of drug-likeness (QED) is 0.895. The summed E-state index contributed by atoms with van der Waals surface area (Å²) >= 11 is 7.60. The molecule has 0 radical (unpaired) electrons. The number of nitrogens with two attached hydrogens (primary N) is 1. The van der Waals surface area contributed by atoms with Gasteiger partial charge in [-0.2, -0.15) is 0 Å². The van der Waals surface area contributed by atoms with E-state index in [-0.39, 0.29) is 6.04 Å². The van der Waals surface area contributed by atoms with Gasteiger partial charge < -0.3 is 5.73 Å². The lowest BCUT2D eigenvalue weighted by Gasteiger charge is -2.11. The molecule has 0 spiro atoms. The van der Waals surface area contributed by atoms with Gasteiger partial charge in [-0.3, -0.25) is 4.98 Å². The first-order valence-electron chi connectivity index (χ1n) is 4.50. The van der Waals surface area contributed by atoms with Crippen molar-refractivity contribution >= 4 is 22.9 Å². The first kappa shape index (κ1) is 10.5. The summed E-state index contributed by atoms with van der Waals surface area (Å²) in [5.74, 6) is 0. The van der Waals surface area contributed by atoms with Gasteiger partial charge in [0.2, 0.25) is 0 Å². The van der Waals surface area contributed by atoms with Crippen LogP contribution in [0.4, 0.5) is 0 Å². The highest BCUT2D eigenvalue weighted by Gasteiger charge is 2.11. The summed E-state index contributed by atoms with van der Waals surface area (Å²) in [6, 6.07) is 1.73. The molecule has 2 rings (SSSR count). The second-order valence-corrected chi connectivity index (χ2v) is 4.52. The van der Waals surface area contributed by atoms with Gasteiger partial charge in [-0.25, -0.2) is 4.98 Å². The number of rotatable bonds is 3. The van der Waals surface area contributed by atoms with Gasteiger partial charge in [-0.05, 0) is 11.6 Å². The number of thiazole rings is 1. The van der Waals surface area contributed by atoms with E-state index in [1.807, 2.05) is 11.4 Å². The van der Waals surface area contributed by atoms with Crippen LogP contribution in [0.1, 0.15) is 16.6 Å². The highest BCUT2D eigenvalue weighted by Crippen LogP contribution is 2.23. The van der Waals surface area contributed by atoms with Crippen molar-refractivity contribution in [3.05, 3.63) is 45.6 Å². The molecule has 0 aliphatic heterocycles. The average molecular weight is 240 g/mol. The largest absolute Gasteiger partial charge is 0.324 e. The summed E-state index contributed by atoms with van der Waals surface area (Å²) in [5, 5.41) is 3.58. The van der Waals surface area contributed by atoms with Gasteiger partial charge in [-0.15, -0.1) is 11.3 Å². The third-order valence-electron chi connectivity index (χ3n) is 2.08. The van der Waals surface area contributed by atoms with Crippen LogP contribution in [0, 0.1) is 0 Å². The van der Waals surface area contributed by atoms with E-state index in [9.17, 15) is 0 Å². The Hall–Kier alpha value is -0.970. The van der Waals surface area contributed by atoms with E-state index >= 15 is 0 Å². The maximum Gasteiger partial charge on any atom is 0.0943 e. The van der Waals surface area contributed by atoms with Gasteiger partial charge in [0.25, 0.3) is 0 Å². The summed E-state index contributed by atoms with van der Waals surface area (Å²) in [7, 11) is 0. The minimum absolute atomic E-state index is 0.119. The Balaban J connectivity index is 2.15. The van der Waals surface area contributed by atoms with Crippen LogP contribution < -0.4 is 5.73 Å². The zero-order valence-corrected chi connectivity index (χ0v) is 9.50. The third kappa shape index (κ3) is 2.53. The van der Waals surface area contributed by atoms with E-state index in [1.165, 1.54) is 0 Å². The van der Waals surface area contributed by atoms with E-state index in [2.05, 4.69) is 9.97 Å². The fourth-order valence-electron chi connectivity index (χ4n) is 1.34. The Morgan fingerprint density at radius 2 is 2.33 bits per heavy atom. The number of hydrogen-bond donors (Lipinski definition) is 1. The molecule has 2 aromatic heterocycles. The van der Waals surface area contributed by atoms with E-state index in [1.54, 1.807) is 29.9 Å². The zero-order chi connectivity index (χ0) is 10.7. The number of aromatic nitrogens is 2. The number of halogens is 1. The minimum atomic E-state index is -0.119. The lowest BCUT2D eigenvalue weighted by molar-refractivity contribution is 0.717. The molecule has 2 aromatic rings. The second kappa shape index (κ2) is 4.70. The van der Waals surface area contributed by atoms with Gasteiger partial charge in [0.15, 0.2) is 0 Å². The molecule has 78 valence electrons. The van der Waals surface area contributed by atoms with Crippen molar-refractivity contribution in [1.82, 2.24) is 9.97 Å². The smallest absolute Gasteiger partial charge is 0.0943 e. The van der Waals surface area contributed by atoms with Crippen molar-refractivity contribution in [1.29, 1.82) is 0 Å². The normalized spacial score (nSPS) is 12.7. The molecule has 0 bridgehead atoms. The molecule has 2 heterocycles. The predicted octanol–water partition coefficient (Wildman–Crippen LogP) is 2.43. The SMILES string of the molecule is NC(Cc1nccs1)c1ccncc1Cl. The highest BCUT2D eigenvalue weighted by atomic mass is 35.5. The molecule has 0 aliphatic carbocycles. The Bertz CT molecular complexity index is 430. The molecule has 3 nitrogen and oxygen atoms in total. The summed E-state index contributed by atoms with van der Waals surface area (Å²) in [6.45, 7) is 0. The molecular weight excluding hydrogens is 230 g/mol. The molecule has 2 N–H and O–H groups in total. The molecule has 5 heteroatoms. The number of hydrogen-bond acceptors (Lipinski definition) is 4. The lowest BCUT2D eigenvalue weighted by atomic mass is 10.1. The van der Waals surface area contributed by atoms with Crippen LogP contribution in [-0.2, 0) is 6.42 Å². The Kier molecular flexibility index (Phi) is 3.30. The van der Waals surface area contributed by atoms with Crippen molar-refractivity contribution in [3.8, 4) is 0 Å². The molecule has 1 atom stereocenters. The molecule has 0 amide bonds. The Morgan fingerprint density at radius 1 is 1.47 bits per heavy atom. The lowest BCUT2D eigenvalue weighted by Crippen LogP contribution is -2.13. The molecule has 0 aromatic carbocycles. The van der Waals surface area contributed by atoms with Crippen LogP contribution >= 0.6 is 22.9 Å². The summed E-state index contributed by atoms with van der Waals surface area (Å²) in [6.07, 6.45) is 5.80. The number of nitrogens with zero attached hydrogens (tertiary/aromatic N) is 2. The van der Waals surface area contributed by atoms with Crippen LogP contribution in [0.3, 0.4) is 0 Å². The molecule has 1 unspecified atom stereocenters. The van der Waals surface area contributed by atoms with Crippen LogP contribution in [0.15, 0.2) is 30.0 Å². The zero-order valence-electron chi connectivity index (χ0n) is 7.93. The predicted molar refractivity (Wildman–Crippen MR) is 62.0 cm³/mol. The fraction of sp³-hybridized carbons (Fsp3) is 0.200. The summed E-state index contributed by atoms with van der Waals surface area (Å²) in [4.78, 5) is 8.12. The molecule has 0 saturated heterocycles. The maximum atomic E-state index is 6.04. The van der Waals surface area contributed by atoms with E-state index in [0.717, 1.165) is 10.6 Å². The first-order valence-corrected chi connectivity index (χ1v) is 5.76. The van der Waals surface area contributed by atoms with Gasteiger partial charge in [0, 0.05) is 36.4 Å². The highest BCUT2D eigenvalue weighted by molar-refractivity contribution is 7.09. The van der Waals surface area contributed by atoms with Gasteiger partial charge >= 0.3 is 0 Å². The Labute approximate surface area is 96.9 Å². The second-order valence-electron chi connectivity index (χ2n) is 3.13. The van der Waals surface area contributed by atoms with E-state index in [4.69, 9.17) is 17.3 Å². The molecule has 0 saturated carbocycles. The van der Waals surface area contributed by atoms with E-state index < -0.39 is 0 Å². The van der Waals surface area contributed by atoms with Crippen LogP contribution in [-0.4, -0.2) is 9.97 Å². The minimum Gasteiger partial charge on any atom is -0.324 e. The van der Waals surface area contributed by atoms with Gasteiger partial charge in [0.1, 0.15) is 0 Å². The number of pyridine rings is 1. The molecular formula is C10H10ClN3S. The average Bonchev–Trinajstić information content (AvgIpc) is 2.71. The van der Waals surface area contributed by atoms with Crippen molar-refractivity contribution in [2.75, 3.05) is 0 Å². The fourth-order valence-corrected chi connectivity index (χ4v) is 2.27.